The lowest BCUT2D eigenvalue weighted by atomic mass is 10.2. The maximum atomic E-state index is 8.75. The SMILES string of the molecule is OCCCCCCN(CCO)CCO. The molecule has 0 rings (SSSR count). The first kappa shape index (κ1) is 13.8. The molecule has 4 heteroatoms. The number of unbranched alkanes of at least 4 members (excludes halogenated alkanes) is 3. The molecule has 0 atom stereocenters. The van der Waals surface area contributed by atoms with Gasteiger partial charge in [0.1, 0.15) is 0 Å². The second kappa shape index (κ2) is 10.9. The molecule has 0 unspecified atom stereocenters. The van der Waals surface area contributed by atoms with Crippen LogP contribution in [0.4, 0.5) is 0 Å². The van der Waals surface area contributed by atoms with E-state index in [-0.39, 0.29) is 19.8 Å². The molecule has 0 bridgehead atoms. The van der Waals surface area contributed by atoms with Crippen molar-refractivity contribution in [3.63, 3.8) is 0 Å². The summed E-state index contributed by atoms with van der Waals surface area (Å²) in [4.78, 5) is 2.05. The first-order chi connectivity index (χ1) is 6.85. The van der Waals surface area contributed by atoms with E-state index in [1.807, 2.05) is 0 Å². The molecule has 0 aliphatic rings. The van der Waals surface area contributed by atoms with E-state index in [2.05, 4.69) is 4.90 Å². The lowest BCUT2D eigenvalue weighted by Gasteiger charge is -2.19. The fourth-order valence-electron chi connectivity index (χ4n) is 1.42. The van der Waals surface area contributed by atoms with Crippen molar-refractivity contribution in [1.82, 2.24) is 4.90 Å². The Hall–Kier alpha value is -0.160. The quantitative estimate of drug-likeness (QED) is 0.433. The molecule has 0 aliphatic carbocycles. The fraction of sp³-hybridized carbons (Fsp3) is 1.00. The van der Waals surface area contributed by atoms with Crippen molar-refractivity contribution < 1.29 is 15.3 Å². The Balaban J connectivity index is 3.30. The molecular formula is C10H23NO3. The van der Waals surface area contributed by atoms with Crippen LogP contribution in [0.3, 0.4) is 0 Å². The van der Waals surface area contributed by atoms with Crippen molar-refractivity contribution >= 4 is 0 Å². The third-order valence-corrected chi connectivity index (χ3v) is 2.21. The molecule has 0 amide bonds. The average molecular weight is 205 g/mol. The van der Waals surface area contributed by atoms with Crippen LogP contribution in [0.5, 0.6) is 0 Å². The maximum absolute atomic E-state index is 8.75. The number of rotatable bonds is 10. The van der Waals surface area contributed by atoms with Crippen molar-refractivity contribution in [3.05, 3.63) is 0 Å². The summed E-state index contributed by atoms with van der Waals surface area (Å²) < 4.78 is 0. The second-order valence-electron chi connectivity index (χ2n) is 3.43. The zero-order valence-corrected chi connectivity index (χ0v) is 8.86. The largest absolute Gasteiger partial charge is 0.396 e. The number of nitrogens with zero attached hydrogens (tertiary/aromatic N) is 1. The van der Waals surface area contributed by atoms with E-state index in [4.69, 9.17) is 15.3 Å². The van der Waals surface area contributed by atoms with Gasteiger partial charge in [0.25, 0.3) is 0 Å². The molecule has 86 valence electrons. The van der Waals surface area contributed by atoms with Gasteiger partial charge in [-0.15, -0.1) is 0 Å². The van der Waals surface area contributed by atoms with Crippen LogP contribution in [0.15, 0.2) is 0 Å². The molecule has 0 fully saturated rings. The summed E-state index contributed by atoms with van der Waals surface area (Å²) in [6, 6.07) is 0. The minimum Gasteiger partial charge on any atom is -0.396 e. The van der Waals surface area contributed by atoms with Crippen molar-refractivity contribution in [1.29, 1.82) is 0 Å². The van der Waals surface area contributed by atoms with E-state index in [1.165, 1.54) is 0 Å². The second-order valence-corrected chi connectivity index (χ2v) is 3.43. The highest BCUT2D eigenvalue weighted by atomic mass is 16.3. The molecule has 0 heterocycles. The van der Waals surface area contributed by atoms with Gasteiger partial charge in [-0.3, -0.25) is 4.90 Å². The van der Waals surface area contributed by atoms with Gasteiger partial charge in [0.2, 0.25) is 0 Å². The third-order valence-electron chi connectivity index (χ3n) is 2.21. The summed E-state index contributed by atoms with van der Waals surface area (Å²) in [5, 5.41) is 26.1. The lowest BCUT2D eigenvalue weighted by Crippen LogP contribution is -2.30. The minimum atomic E-state index is 0.149. The van der Waals surface area contributed by atoms with Crippen LogP contribution in [0.1, 0.15) is 25.7 Å². The van der Waals surface area contributed by atoms with Crippen LogP contribution in [0.25, 0.3) is 0 Å². The predicted molar refractivity (Wildman–Crippen MR) is 56.2 cm³/mol. The topological polar surface area (TPSA) is 63.9 Å². The Morgan fingerprint density at radius 1 is 0.571 bits per heavy atom. The van der Waals surface area contributed by atoms with E-state index in [0.717, 1.165) is 32.2 Å². The van der Waals surface area contributed by atoms with Gasteiger partial charge in [-0.25, -0.2) is 0 Å². The van der Waals surface area contributed by atoms with E-state index in [9.17, 15) is 0 Å². The molecule has 14 heavy (non-hydrogen) atoms. The van der Waals surface area contributed by atoms with E-state index in [1.54, 1.807) is 0 Å². The van der Waals surface area contributed by atoms with Crippen LogP contribution in [-0.2, 0) is 0 Å². The molecule has 4 nitrogen and oxygen atoms in total. The zero-order chi connectivity index (χ0) is 10.6. The summed E-state index contributed by atoms with van der Waals surface area (Å²) in [7, 11) is 0. The first-order valence-corrected chi connectivity index (χ1v) is 5.40. The molecule has 0 radical (unpaired) electrons. The fourth-order valence-corrected chi connectivity index (χ4v) is 1.42. The molecule has 0 aliphatic heterocycles. The minimum absolute atomic E-state index is 0.149. The van der Waals surface area contributed by atoms with Crippen LogP contribution < -0.4 is 0 Å². The Labute approximate surface area is 86.2 Å². The van der Waals surface area contributed by atoms with Gasteiger partial charge < -0.3 is 15.3 Å². The van der Waals surface area contributed by atoms with Gasteiger partial charge in [0.05, 0.1) is 13.2 Å². The lowest BCUT2D eigenvalue weighted by molar-refractivity contribution is 0.159. The van der Waals surface area contributed by atoms with E-state index in [0.29, 0.717) is 13.1 Å². The molecule has 3 N–H and O–H groups in total. The Morgan fingerprint density at radius 3 is 1.64 bits per heavy atom. The van der Waals surface area contributed by atoms with Crippen molar-refractivity contribution in [2.75, 3.05) is 39.5 Å². The third kappa shape index (κ3) is 8.44. The van der Waals surface area contributed by atoms with Crippen LogP contribution in [0.2, 0.25) is 0 Å². The average Bonchev–Trinajstić information content (AvgIpc) is 2.18. The van der Waals surface area contributed by atoms with Gasteiger partial charge >= 0.3 is 0 Å². The standard InChI is InChI=1S/C10H23NO3/c12-8-4-2-1-3-5-11(6-9-13)7-10-14/h12-14H,1-10H2. The van der Waals surface area contributed by atoms with Crippen LogP contribution in [-0.4, -0.2) is 59.7 Å². The smallest absolute Gasteiger partial charge is 0.0558 e. The normalized spacial score (nSPS) is 11.1. The van der Waals surface area contributed by atoms with Crippen molar-refractivity contribution in [2.24, 2.45) is 0 Å². The van der Waals surface area contributed by atoms with Crippen LogP contribution >= 0.6 is 0 Å². The summed E-state index contributed by atoms with van der Waals surface area (Å²) in [5.74, 6) is 0. The van der Waals surface area contributed by atoms with Crippen molar-refractivity contribution in [3.8, 4) is 0 Å². The van der Waals surface area contributed by atoms with E-state index >= 15 is 0 Å². The van der Waals surface area contributed by atoms with Gasteiger partial charge in [0, 0.05) is 19.7 Å². The van der Waals surface area contributed by atoms with Gasteiger partial charge in [-0.2, -0.15) is 0 Å². The number of aliphatic hydroxyl groups excluding tert-OH is 3. The molecular weight excluding hydrogens is 182 g/mol. The predicted octanol–water partition coefficient (Wildman–Crippen LogP) is -0.174. The highest BCUT2D eigenvalue weighted by molar-refractivity contribution is 4.56. The molecule has 0 aromatic heterocycles. The van der Waals surface area contributed by atoms with Gasteiger partial charge in [-0.1, -0.05) is 12.8 Å². The summed E-state index contributed by atoms with van der Waals surface area (Å²) in [5.41, 5.74) is 0. The molecule has 0 aromatic carbocycles. The molecule has 0 saturated heterocycles. The first-order valence-electron chi connectivity index (χ1n) is 5.40. The summed E-state index contributed by atoms with van der Waals surface area (Å²) >= 11 is 0. The number of hydrogen-bond donors (Lipinski definition) is 3. The highest BCUT2D eigenvalue weighted by Gasteiger charge is 2.02. The Bertz CT molecular complexity index is 106. The Kier molecular flexibility index (Phi) is 10.8. The van der Waals surface area contributed by atoms with Crippen molar-refractivity contribution in [2.45, 2.75) is 25.7 Å². The van der Waals surface area contributed by atoms with Crippen LogP contribution in [0, 0.1) is 0 Å². The monoisotopic (exact) mass is 205 g/mol. The van der Waals surface area contributed by atoms with E-state index < -0.39 is 0 Å². The Morgan fingerprint density at radius 2 is 1.14 bits per heavy atom. The molecule has 0 spiro atoms. The molecule has 0 aromatic rings. The van der Waals surface area contributed by atoms with Gasteiger partial charge in [-0.05, 0) is 19.4 Å². The molecule has 0 saturated carbocycles. The number of aliphatic hydroxyl groups is 3. The highest BCUT2D eigenvalue weighted by Crippen LogP contribution is 2.01. The van der Waals surface area contributed by atoms with Gasteiger partial charge in [0.15, 0.2) is 0 Å². The summed E-state index contributed by atoms with van der Waals surface area (Å²) in [6.07, 6.45) is 4.11. The zero-order valence-electron chi connectivity index (χ0n) is 8.86. The number of hydrogen-bond acceptors (Lipinski definition) is 4. The maximum Gasteiger partial charge on any atom is 0.0558 e. The summed E-state index contributed by atoms with van der Waals surface area (Å²) in [6.45, 7) is 2.78.